The third-order valence-corrected chi connectivity index (χ3v) is 5.85. The minimum atomic E-state index is -0.824. The van der Waals surface area contributed by atoms with E-state index in [1.165, 1.54) is 0 Å². The number of rotatable bonds is 4. The molecule has 0 spiro atoms. The first-order valence-electron chi connectivity index (χ1n) is 10.1. The van der Waals surface area contributed by atoms with Crippen molar-refractivity contribution in [2.75, 3.05) is 31.1 Å². The number of para-hydroxylation sites is 3. The Labute approximate surface area is 174 Å². The fourth-order valence-electron chi connectivity index (χ4n) is 4.38. The van der Waals surface area contributed by atoms with E-state index in [0.29, 0.717) is 26.2 Å². The van der Waals surface area contributed by atoms with Gasteiger partial charge in [0.1, 0.15) is 6.04 Å². The maximum absolute atomic E-state index is 12.2. The molecule has 4 aromatic rings. The summed E-state index contributed by atoms with van der Waals surface area (Å²) in [6.45, 7) is 4.68. The predicted octanol–water partition coefficient (Wildman–Crippen LogP) is 3.37. The summed E-state index contributed by atoms with van der Waals surface area (Å²) in [6, 6.07) is 15.0. The van der Waals surface area contributed by atoms with Crippen LogP contribution >= 0.6 is 0 Å². The molecule has 0 bridgehead atoms. The first kappa shape index (κ1) is 18.6. The smallest absolute Gasteiger partial charge is 0.325 e. The van der Waals surface area contributed by atoms with Crippen molar-refractivity contribution in [2.24, 2.45) is 0 Å². The van der Waals surface area contributed by atoms with Gasteiger partial charge in [-0.1, -0.05) is 30.3 Å². The number of carbonyl (C=O) groups is 1. The first-order valence-corrected chi connectivity index (χ1v) is 10.1. The standard InChI is InChI=1S/C23H23N5O2/c1-15-22(26-20-9-5-4-8-19(20)25-15)28-12-10-27(11-13-28)21(23(29)30)17-14-24-18-7-3-2-6-16(17)18/h2-9,14,21,24H,10-13H2,1H3,(H,29,30)/t21-/m1/s1. The van der Waals surface area contributed by atoms with E-state index >= 15 is 0 Å². The van der Waals surface area contributed by atoms with Crippen LogP contribution < -0.4 is 4.90 Å². The quantitative estimate of drug-likeness (QED) is 0.545. The number of piperazine rings is 1. The Morgan fingerprint density at radius 2 is 1.67 bits per heavy atom. The Bertz CT molecular complexity index is 1230. The molecule has 7 heteroatoms. The Morgan fingerprint density at radius 1 is 1.00 bits per heavy atom. The number of anilines is 1. The number of nitrogens with zero attached hydrogens (tertiary/aromatic N) is 4. The predicted molar refractivity (Wildman–Crippen MR) is 117 cm³/mol. The summed E-state index contributed by atoms with van der Waals surface area (Å²) in [6.07, 6.45) is 1.83. The molecular formula is C23H23N5O2. The van der Waals surface area contributed by atoms with Crippen molar-refractivity contribution in [1.29, 1.82) is 0 Å². The van der Waals surface area contributed by atoms with Crippen molar-refractivity contribution in [3.05, 3.63) is 66.0 Å². The number of H-pyrrole nitrogens is 1. The lowest BCUT2D eigenvalue weighted by molar-refractivity contribution is -0.143. The molecule has 152 valence electrons. The zero-order valence-electron chi connectivity index (χ0n) is 16.7. The van der Waals surface area contributed by atoms with E-state index in [9.17, 15) is 9.90 Å². The number of aliphatic carboxylic acids is 1. The van der Waals surface area contributed by atoms with Gasteiger partial charge in [-0.05, 0) is 25.1 Å². The van der Waals surface area contributed by atoms with Crippen LogP contribution in [0, 0.1) is 6.92 Å². The second kappa shape index (κ2) is 7.42. The second-order valence-corrected chi connectivity index (χ2v) is 7.67. The number of aryl methyl sites for hydroxylation is 1. The number of benzene rings is 2. The van der Waals surface area contributed by atoms with E-state index in [1.54, 1.807) is 0 Å². The fourth-order valence-corrected chi connectivity index (χ4v) is 4.38. The van der Waals surface area contributed by atoms with Crippen molar-refractivity contribution in [1.82, 2.24) is 19.9 Å². The Morgan fingerprint density at radius 3 is 2.40 bits per heavy atom. The molecule has 0 saturated carbocycles. The molecule has 30 heavy (non-hydrogen) atoms. The molecule has 0 unspecified atom stereocenters. The van der Waals surface area contributed by atoms with E-state index < -0.39 is 12.0 Å². The van der Waals surface area contributed by atoms with Crippen molar-refractivity contribution in [3.63, 3.8) is 0 Å². The lowest BCUT2D eigenvalue weighted by atomic mass is 10.0. The van der Waals surface area contributed by atoms with Crippen LogP contribution in [0.2, 0.25) is 0 Å². The van der Waals surface area contributed by atoms with Gasteiger partial charge in [0.25, 0.3) is 0 Å². The number of carboxylic acid groups (broad SMARTS) is 1. The first-order chi connectivity index (χ1) is 14.6. The number of hydrogen-bond acceptors (Lipinski definition) is 5. The highest BCUT2D eigenvalue weighted by atomic mass is 16.4. The SMILES string of the molecule is Cc1nc2ccccc2nc1N1CCN([C@@H](C(=O)O)c2c[nH]c3ccccc23)CC1. The van der Waals surface area contributed by atoms with E-state index in [2.05, 4.69) is 9.88 Å². The van der Waals surface area contributed by atoms with Crippen LogP contribution in [0.25, 0.3) is 21.9 Å². The van der Waals surface area contributed by atoms with Crippen LogP contribution in [0.5, 0.6) is 0 Å². The van der Waals surface area contributed by atoms with Crippen LogP contribution in [0.15, 0.2) is 54.7 Å². The molecule has 1 atom stereocenters. The number of hydrogen-bond donors (Lipinski definition) is 2. The average Bonchev–Trinajstić information content (AvgIpc) is 3.18. The number of nitrogens with one attached hydrogen (secondary N) is 1. The average molecular weight is 401 g/mol. The minimum absolute atomic E-state index is 0.643. The van der Waals surface area contributed by atoms with Crippen LogP contribution in [0.1, 0.15) is 17.3 Å². The minimum Gasteiger partial charge on any atom is -0.480 e. The maximum Gasteiger partial charge on any atom is 0.325 e. The Balaban J connectivity index is 1.39. The summed E-state index contributed by atoms with van der Waals surface area (Å²) >= 11 is 0. The molecule has 7 nitrogen and oxygen atoms in total. The topological polar surface area (TPSA) is 85.3 Å². The van der Waals surface area contributed by atoms with Crippen molar-refractivity contribution >= 4 is 33.7 Å². The highest BCUT2D eigenvalue weighted by Crippen LogP contribution is 2.30. The summed E-state index contributed by atoms with van der Waals surface area (Å²) in [4.78, 5) is 29.2. The molecule has 1 saturated heterocycles. The molecule has 5 rings (SSSR count). The van der Waals surface area contributed by atoms with Crippen LogP contribution in [0.3, 0.4) is 0 Å². The van der Waals surface area contributed by atoms with Gasteiger partial charge in [0.2, 0.25) is 0 Å². The number of carboxylic acids is 1. The van der Waals surface area contributed by atoms with Gasteiger partial charge in [0, 0.05) is 48.8 Å². The normalized spacial score (nSPS) is 16.2. The summed E-state index contributed by atoms with van der Waals surface area (Å²) in [5.74, 6) is 0.0576. The molecule has 2 N–H and O–H groups in total. The van der Waals surface area contributed by atoms with E-state index in [0.717, 1.165) is 39.0 Å². The van der Waals surface area contributed by atoms with Gasteiger partial charge in [-0.15, -0.1) is 0 Å². The molecule has 3 heterocycles. The highest BCUT2D eigenvalue weighted by molar-refractivity contribution is 5.89. The third-order valence-electron chi connectivity index (χ3n) is 5.85. The summed E-state index contributed by atoms with van der Waals surface area (Å²) in [5, 5.41) is 11.0. The van der Waals surface area contributed by atoms with Gasteiger partial charge in [-0.2, -0.15) is 0 Å². The van der Waals surface area contributed by atoms with Crippen molar-refractivity contribution in [3.8, 4) is 0 Å². The monoisotopic (exact) mass is 401 g/mol. The molecule has 1 fully saturated rings. The van der Waals surface area contributed by atoms with Gasteiger partial charge in [0.05, 0.1) is 16.7 Å². The maximum atomic E-state index is 12.2. The molecule has 0 amide bonds. The number of aromatic nitrogens is 3. The fraction of sp³-hybridized carbons (Fsp3) is 0.261. The summed E-state index contributed by atoms with van der Waals surface area (Å²) < 4.78 is 0. The van der Waals surface area contributed by atoms with E-state index in [1.807, 2.05) is 66.6 Å². The molecule has 2 aromatic carbocycles. The number of aromatic amines is 1. The highest BCUT2D eigenvalue weighted by Gasteiger charge is 2.32. The summed E-state index contributed by atoms with van der Waals surface area (Å²) in [5.41, 5.74) is 4.44. The largest absolute Gasteiger partial charge is 0.480 e. The third kappa shape index (κ3) is 3.17. The number of fused-ring (bicyclic) bond motifs is 2. The van der Waals surface area contributed by atoms with Crippen molar-refractivity contribution in [2.45, 2.75) is 13.0 Å². The van der Waals surface area contributed by atoms with Crippen LogP contribution in [-0.4, -0.2) is 57.1 Å². The van der Waals surface area contributed by atoms with Crippen LogP contribution in [0.4, 0.5) is 5.82 Å². The van der Waals surface area contributed by atoms with Gasteiger partial charge in [-0.3, -0.25) is 9.69 Å². The van der Waals surface area contributed by atoms with Crippen molar-refractivity contribution < 1.29 is 9.90 Å². The van der Waals surface area contributed by atoms with Gasteiger partial charge in [0.15, 0.2) is 5.82 Å². The molecule has 1 aliphatic heterocycles. The van der Waals surface area contributed by atoms with Gasteiger partial charge in [-0.25, -0.2) is 9.97 Å². The lowest BCUT2D eigenvalue weighted by Crippen LogP contribution is -2.49. The van der Waals surface area contributed by atoms with E-state index in [4.69, 9.17) is 9.97 Å². The Hall–Kier alpha value is -3.45. The zero-order valence-corrected chi connectivity index (χ0v) is 16.7. The lowest BCUT2D eigenvalue weighted by Gasteiger charge is -2.38. The molecule has 0 aliphatic carbocycles. The van der Waals surface area contributed by atoms with E-state index in [-0.39, 0.29) is 0 Å². The van der Waals surface area contributed by atoms with Gasteiger partial charge < -0.3 is 15.0 Å². The van der Waals surface area contributed by atoms with Crippen LogP contribution in [-0.2, 0) is 4.79 Å². The second-order valence-electron chi connectivity index (χ2n) is 7.67. The molecule has 0 radical (unpaired) electrons. The van der Waals surface area contributed by atoms with Gasteiger partial charge >= 0.3 is 5.97 Å². The summed E-state index contributed by atoms with van der Waals surface area (Å²) in [7, 11) is 0. The zero-order chi connectivity index (χ0) is 20.7. The molecular weight excluding hydrogens is 378 g/mol. The molecule has 2 aromatic heterocycles. The molecule has 1 aliphatic rings. The Kier molecular flexibility index (Phi) is 4.59.